The molecule has 0 aromatic heterocycles. The van der Waals surface area contributed by atoms with Gasteiger partial charge in [-0.1, -0.05) is 0 Å². The van der Waals surface area contributed by atoms with Gasteiger partial charge in [-0.3, -0.25) is 0 Å². The average Bonchev–Trinajstić information content (AvgIpc) is 2.22. The summed E-state index contributed by atoms with van der Waals surface area (Å²) in [5, 5.41) is 8.67. The second-order valence-electron chi connectivity index (χ2n) is 3.39. The Hall–Kier alpha value is -1.95. The number of nitrogens with two attached hydrogens (primary N) is 1. The highest BCUT2D eigenvalue weighted by atomic mass is 16.5. The first-order valence-electron chi connectivity index (χ1n) is 4.61. The zero-order chi connectivity index (χ0) is 11.4. The molecule has 0 aliphatic carbocycles. The van der Waals surface area contributed by atoms with E-state index in [4.69, 9.17) is 15.7 Å². The molecule has 1 aromatic carbocycles. The second-order valence-corrected chi connectivity index (χ2v) is 3.39. The standard InChI is InChI=1S/C12H14N2O/c1-8(7-13)4-10-5-9(2)12(14)11(6-10)15-3/h4-6H,14H2,1-3H3. The predicted octanol–water partition coefficient (Wildman–Crippen LogP) is 2.51. The number of nitrogens with zero attached hydrogens (tertiary/aromatic N) is 1. The smallest absolute Gasteiger partial charge is 0.142 e. The van der Waals surface area contributed by atoms with E-state index < -0.39 is 0 Å². The molecule has 0 heterocycles. The fourth-order valence-electron chi connectivity index (χ4n) is 1.33. The summed E-state index contributed by atoms with van der Waals surface area (Å²) in [5.41, 5.74) is 8.99. The number of nitrogen functional groups attached to an aromatic ring is 1. The largest absolute Gasteiger partial charge is 0.495 e. The minimum atomic E-state index is 0.643. The quantitative estimate of drug-likeness (QED) is 0.592. The van der Waals surface area contributed by atoms with E-state index in [0.29, 0.717) is 17.0 Å². The summed E-state index contributed by atoms with van der Waals surface area (Å²) < 4.78 is 5.14. The number of allylic oxidation sites excluding steroid dienone is 1. The molecule has 0 amide bonds. The van der Waals surface area contributed by atoms with Crippen LogP contribution in [-0.2, 0) is 0 Å². The lowest BCUT2D eigenvalue weighted by Crippen LogP contribution is -1.96. The third kappa shape index (κ3) is 2.50. The van der Waals surface area contributed by atoms with Crippen molar-refractivity contribution in [2.45, 2.75) is 13.8 Å². The Kier molecular flexibility index (Phi) is 3.35. The molecule has 0 spiro atoms. The second kappa shape index (κ2) is 4.52. The van der Waals surface area contributed by atoms with Gasteiger partial charge in [0.1, 0.15) is 5.75 Å². The van der Waals surface area contributed by atoms with Gasteiger partial charge in [0.25, 0.3) is 0 Å². The Morgan fingerprint density at radius 1 is 1.53 bits per heavy atom. The lowest BCUT2D eigenvalue weighted by Gasteiger charge is -2.08. The number of nitriles is 1. The van der Waals surface area contributed by atoms with E-state index >= 15 is 0 Å². The van der Waals surface area contributed by atoms with Gasteiger partial charge in [0.15, 0.2) is 0 Å². The molecule has 78 valence electrons. The fourth-order valence-corrected chi connectivity index (χ4v) is 1.33. The van der Waals surface area contributed by atoms with Crippen molar-refractivity contribution in [1.82, 2.24) is 0 Å². The van der Waals surface area contributed by atoms with Crippen molar-refractivity contribution < 1.29 is 4.74 Å². The van der Waals surface area contributed by atoms with E-state index in [1.165, 1.54) is 0 Å². The fraction of sp³-hybridized carbons (Fsp3) is 0.250. The van der Waals surface area contributed by atoms with Gasteiger partial charge < -0.3 is 10.5 Å². The van der Waals surface area contributed by atoms with Crippen LogP contribution in [-0.4, -0.2) is 7.11 Å². The Balaban J connectivity index is 3.24. The molecule has 0 atom stereocenters. The van der Waals surface area contributed by atoms with Crippen LogP contribution >= 0.6 is 0 Å². The maximum absolute atomic E-state index is 8.67. The molecule has 0 aliphatic rings. The molecular weight excluding hydrogens is 188 g/mol. The van der Waals surface area contributed by atoms with E-state index in [1.807, 2.05) is 19.1 Å². The van der Waals surface area contributed by atoms with Crippen molar-refractivity contribution in [1.29, 1.82) is 5.26 Å². The molecule has 0 radical (unpaired) electrons. The van der Waals surface area contributed by atoms with Crippen molar-refractivity contribution >= 4 is 11.8 Å². The summed E-state index contributed by atoms with van der Waals surface area (Å²) in [6.45, 7) is 3.68. The minimum absolute atomic E-state index is 0.643. The van der Waals surface area contributed by atoms with Crippen LogP contribution in [0.5, 0.6) is 5.75 Å². The summed E-state index contributed by atoms with van der Waals surface area (Å²) in [6.07, 6.45) is 1.80. The minimum Gasteiger partial charge on any atom is -0.495 e. The first-order chi connectivity index (χ1) is 7.08. The first kappa shape index (κ1) is 11.1. The number of hydrogen-bond acceptors (Lipinski definition) is 3. The van der Waals surface area contributed by atoms with E-state index in [-0.39, 0.29) is 0 Å². The van der Waals surface area contributed by atoms with Crippen LogP contribution in [0.15, 0.2) is 17.7 Å². The normalized spacial score (nSPS) is 10.9. The van der Waals surface area contributed by atoms with Gasteiger partial charge >= 0.3 is 0 Å². The Labute approximate surface area is 89.8 Å². The predicted molar refractivity (Wildman–Crippen MR) is 61.4 cm³/mol. The molecule has 3 nitrogen and oxygen atoms in total. The topological polar surface area (TPSA) is 59.0 Å². The summed E-state index contributed by atoms with van der Waals surface area (Å²) in [5.74, 6) is 0.645. The van der Waals surface area contributed by atoms with E-state index in [2.05, 4.69) is 6.07 Å². The maximum atomic E-state index is 8.67. The number of methoxy groups -OCH3 is 1. The van der Waals surface area contributed by atoms with Crippen LogP contribution in [0, 0.1) is 18.3 Å². The highest BCUT2D eigenvalue weighted by Crippen LogP contribution is 2.27. The number of aryl methyl sites for hydroxylation is 1. The van der Waals surface area contributed by atoms with Crippen LogP contribution in [0.3, 0.4) is 0 Å². The van der Waals surface area contributed by atoms with E-state index in [9.17, 15) is 0 Å². The van der Waals surface area contributed by atoms with Crippen LogP contribution in [0.25, 0.3) is 6.08 Å². The van der Waals surface area contributed by atoms with Crippen LogP contribution in [0.4, 0.5) is 5.69 Å². The van der Waals surface area contributed by atoms with Crippen LogP contribution in [0.1, 0.15) is 18.1 Å². The molecule has 0 bridgehead atoms. The molecule has 0 saturated carbocycles. The average molecular weight is 202 g/mol. The highest BCUT2D eigenvalue weighted by Gasteiger charge is 2.04. The number of rotatable bonds is 2. The van der Waals surface area contributed by atoms with Gasteiger partial charge in [-0.2, -0.15) is 5.26 Å². The Morgan fingerprint density at radius 2 is 2.20 bits per heavy atom. The van der Waals surface area contributed by atoms with Crippen molar-refractivity contribution in [2.75, 3.05) is 12.8 Å². The number of hydrogen-bond donors (Lipinski definition) is 1. The zero-order valence-electron chi connectivity index (χ0n) is 9.16. The summed E-state index contributed by atoms with van der Waals surface area (Å²) in [6, 6.07) is 5.83. The van der Waals surface area contributed by atoms with Crippen molar-refractivity contribution in [3.8, 4) is 11.8 Å². The molecule has 0 unspecified atom stereocenters. The number of anilines is 1. The number of ether oxygens (including phenoxy) is 1. The zero-order valence-corrected chi connectivity index (χ0v) is 9.16. The molecule has 15 heavy (non-hydrogen) atoms. The molecule has 1 aromatic rings. The van der Waals surface area contributed by atoms with Gasteiger partial charge in [0.2, 0.25) is 0 Å². The molecular formula is C12H14N2O. The van der Waals surface area contributed by atoms with Crippen molar-refractivity contribution in [2.24, 2.45) is 0 Å². The van der Waals surface area contributed by atoms with Crippen molar-refractivity contribution in [3.05, 3.63) is 28.8 Å². The van der Waals surface area contributed by atoms with Crippen molar-refractivity contribution in [3.63, 3.8) is 0 Å². The van der Waals surface area contributed by atoms with E-state index in [1.54, 1.807) is 20.1 Å². The Morgan fingerprint density at radius 3 is 2.73 bits per heavy atom. The summed E-state index contributed by atoms with van der Waals surface area (Å²) >= 11 is 0. The SMILES string of the molecule is COc1cc(C=C(C)C#N)cc(C)c1N. The van der Waals surface area contributed by atoms with Gasteiger partial charge in [0.05, 0.1) is 18.9 Å². The van der Waals surface area contributed by atoms with Crippen LogP contribution in [0.2, 0.25) is 0 Å². The molecule has 0 aliphatic heterocycles. The van der Waals surface area contributed by atoms with Gasteiger partial charge in [-0.15, -0.1) is 0 Å². The van der Waals surface area contributed by atoms with Gasteiger partial charge in [-0.05, 0) is 43.2 Å². The molecule has 2 N–H and O–H groups in total. The molecule has 3 heteroatoms. The van der Waals surface area contributed by atoms with E-state index in [0.717, 1.165) is 11.1 Å². The lowest BCUT2D eigenvalue weighted by molar-refractivity contribution is 0.416. The monoisotopic (exact) mass is 202 g/mol. The summed E-state index contributed by atoms with van der Waals surface area (Å²) in [7, 11) is 1.58. The lowest BCUT2D eigenvalue weighted by atomic mass is 10.1. The Bertz CT molecular complexity index is 442. The van der Waals surface area contributed by atoms with Crippen LogP contribution < -0.4 is 10.5 Å². The number of benzene rings is 1. The molecule has 0 fully saturated rings. The molecule has 0 saturated heterocycles. The van der Waals surface area contributed by atoms with Gasteiger partial charge in [0, 0.05) is 5.57 Å². The third-order valence-corrected chi connectivity index (χ3v) is 2.15. The third-order valence-electron chi connectivity index (χ3n) is 2.15. The maximum Gasteiger partial charge on any atom is 0.142 e. The summed E-state index contributed by atoms with van der Waals surface area (Å²) in [4.78, 5) is 0. The first-order valence-corrected chi connectivity index (χ1v) is 4.61. The highest BCUT2D eigenvalue weighted by molar-refractivity contribution is 5.67. The molecule has 1 rings (SSSR count). The van der Waals surface area contributed by atoms with Gasteiger partial charge in [-0.25, -0.2) is 0 Å².